The predicted octanol–water partition coefficient (Wildman–Crippen LogP) is 5.42. The second kappa shape index (κ2) is 10.7. The normalized spacial score (nSPS) is 14.0. The van der Waals surface area contributed by atoms with Gasteiger partial charge in [0.2, 0.25) is 5.91 Å². The molecule has 0 saturated carbocycles. The van der Waals surface area contributed by atoms with E-state index in [1.54, 1.807) is 12.1 Å². The van der Waals surface area contributed by atoms with Gasteiger partial charge in [-0.15, -0.1) is 0 Å². The van der Waals surface area contributed by atoms with Crippen molar-refractivity contribution in [3.8, 4) is 0 Å². The number of hydrogen-bond acceptors (Lipinski definition) is 5. The highest BCUT2D eigenvalue weighted by Crippen LogP contribution is 2.36. The lowest BCUT2D eigenvalue weighted by atomic mass is 10.1. The lowest BCUT2D eigenvalue weighted by Gasteiger charge is -2.17. The fraction of sp³-hybridized carbons (Fsp3) is 0.346. The van der Waals surface area contributed by atoms with E-state index in [2.05, 4.69) is 10.6 Å². The number of nitrogens with zero attached hydrogens (tertiary/aromatic N) is 1. The number of benzene rings is 2. The molecule has 7 heteroatoms. The lowest BCUT2D eigenvalue weighted by Crippen LogP contribution is -2.35. The molecule has 174 valence electrons. The van der Waals surface area contributed by atoms with E-state index in [0.717, 1.165) is 16.1 Å². The van der Waals surface area contributed by atoms with E-state index < -0.39 is 0 Å². The third-order valence-electron chi connectivity index (χ3n) is 4.95. The molecule has 1 aliphatic heterocycles. The maximum Gasteiger partial charge on any atom is 0.278 e. The molecule has 0 saturated heterocycles. The summed E-state index contributed by atoms with van der Waals surface area (Å²) in [7, 11) is 0. The van der Waals surface area contributed by atoms with Gasteiger partial charge in [0.15, 0.2) is 0 Å². The molecule has 1 aliphatic rings. The van der Waals surface area contributed by atoms with Crippen molar-refractivity contribution in [2.24, 2.45) is 11.8 Å². The Morgan fingerprint density at radius 1 is 0.879 bits per heavy atom. The molecule has 2 N–H and O–H groups in total. The Morgan fingerprint density at radius 3 is 2.06 bits per heavy atom. The third-order valence-corrected chi connectivity index (χ3v) is 6.04. The van der Waals surface area contributed by atoms with Crippen molar-refractivity contribution in [3.63, 3.8) is 0 Å². The molecule has 1 heterocycles. The first kappa shape index (κ1) is 24.6. The molecular weight excluding hydrogens is 434 g/mol. The molecular formula is C26H31N3O3S. The Labute approximate surface area is 199 Å². The van der Waals surface area contributed by atoms with Gasteiger partial charge in [-0.05, 0) is 55.2 Å². The standard InChI is InChI=1S/C26H31N3O3S/c1-16(2)14-22(30)27-19-10-12-21(13-11-19)33-24-23(28-20-8-6-18(5)7-9-20)25(31)29(26(24)32)15-17(3)4/h6-13,16-17,28H,14-15H2,1-5H3,(H,27,30). The van der Waals surface area contributed by atoms with E-state index >= 15 is 0 Å². The van der Waals surface area contributed by atoms with E-state index in [-0.39, 0.29) is 29.6 Å². The smallest absolute Gasteiger partial charge is 0.278 e. The molecule has 0 aromatic heterocycles. The molecule has 3 rings (SSSR count). The van der Waals surface area contributed by atoms with Crippen molar-refractivity contribution in [2.75, 3.05) is 17.2 Å². The van der Waals surface area contributed by atoms with Gasteiger partial charge in [0.25, 0.3) is 11.8 Å². The van der Waals surface area contributed by atoms with E-state index in [9.17, 15) is 14.4 Å². The Balaban J connectivity index is 1.83. The average Bonchev–Trinajstić information content (AvgIpc) is 2.94. The van der Waals surface area contributed by atoms with Gasteiger partial charge in [0.05, 0.1) is 0 Å². The predicted molar refractivity (Wildman–Crippen MR) is 134 cm³/mol. The van der Waals surface area contributed by atoms with Gasteiger partial charge in [-0.3, -0.25) is 19.3 Å². The summed E-state index contributed by atoms with van der Waals surface area (Å²) in [5, 5.41) is 6.05. The molecule has 0 fully saturated rings. The number of aryl methyl sites for hydroxylation is 1. The van der Waals surface area contributed by atoms with Crippen LogP contribution in [0.3, 0.4) is 0 Å². The van der Waals surface area contributed by atoms with Crippen LogP contribution < -0.4 is 10.6 Å². The van der Waals surface area contributed by atoms with E-state index in [1.165, 1.54) is 16.7 Å². The van der Waals surface area contributed by atoms with Crippen molar-refractivity contribution >= 4 is 40.9 Å². The van der Waals surface area contributed by atoms with Crippen LogP contribution in [0.25, 0.3) is 0 Å². The number of imide groups is 1. The van der Waals surface area contributed by atoms with Gasteiger partial charge >= 0.3 is 0 Å². The van der Waals surface area contributed by atoms with Crippen molar-refractivity contribution in [2.45, 2.75) is 45.9 Å². The minimum absolute atomic E-state index is 0.0291. The highest BCUT2D eigenvalue weighted by Gasteiger charge is 2.39. The van der Waals surface area contributed by atoms with Crippen molar-refractivity contribution in [3.05, 3.63) is 64.7 Å². The van der Waals surface area contributed by atoms with Crippen LogP contribution in [0.5, 0.6) is 0 Å². The molecule has 2 aromatic rings. The molecule has 0 bridgehead atoms. The first-order valence-corrected chi connectivity index (χ1v) is 12.0. The summed E-state index contributed by atoms with van der Waals surface area (Å²) in [6, 6.07) is 15.0. The van der Waals surface area contributed by atoms with E-state index in [0.29, 0.717) is 29.3 Å². The molecule has 0 unspecified atom stereocenters. The van der Waals surface area contributed by atoms with Crippen molar-refractivity contribution in [1.29, 1.82) is 0 Å². The van der Waals surface area contributed by atoms with Crippen LogP contribution >= 0.6 is 11.8 Å². The monoisotopic (exact) mass is 465 g/mol. The maximum absolute atomic E-state index is 13.2. The highest BCUT2D eigenvalue weighted by molar-refractivity contribution is 8.04. The number of hydrogen-bond donors (Lipinski definition) is 2. The summed E-state index contributed by atoms with van der Waals surface area (Å²) < 4.78 is 0. The topological polar surface area (TPSA) is 78.5 Å². The van der Waals surface area contributed by atoms with Crippen LogP contribution in [0.1, 0.15) is 39.7 Å². The van der Waals surface area contributed by atoms with Crippen molar-refractivity contribution < 1.29 is 14.4 Å². The Hall–Kier alpha value is -3.06. The van der Waals surface area contributed by atoms with Crippen LogP contribution in [-0.4, -0.2) is 29.2 Å². The largest absolute Gasteiger partial charge is 0.350 e. The first-order valence-electron chi connectivity index (χ1n) is 11.2. The SMILES string of the molecule is Cc1ccc(NC2=C(Sc3ccc(NC(=O)CC(C)C)cc3)C(=O)N(CC(C)C)C2=O)cc1. The number of thioether (sulfide) groups is 1. The third kappa shape index (κ3) is 6.48. The summed E-state index contributed by atoms with van der Waals surface area (Å²) in [4.78, 5) is 40.8. The maximum atomic E-state index is 13.2. The molecule has 0 atom stereocenters. The minimum atomic E-state index is -0.311. The van der Waals surface area contributed by atoms with Gasteiger partial charge in [-0.2, -0.15) is 0 Å². The van der Waals surface area contributed by atoms with Gasteiger partial charge < -0.3 is 10.6 Å². The Kier molecular flexibility index (Phi) is 7.97. The molecule has 0 spiro atoms. The molecule has 2 aromatic carbocycles. The molecule has 0 aliphatic carbocycles. The molecule has 0 radical (unpaired) electrons. The average molecular weight is 466 g/mol. The number of amides is 3. The summed E-state index contributed by atoms with van der Waals surface area (Å²) in [6.45, 7) is 10.3. The minimum Gasteiger partial charge on any atom is -0.350 e. The van der Waals surface area contributed by atoms with Gasteiger partial charge in [-0.1, -0.05) is 57.2 Å². The fourth-order valence-corrected chi connectivity index (χ4v) is 4.32. The summed E-state index contributed by atoms with van der Waals surface area (Å²) >= 11 is 1.26. The second-order valence-corrected chi connectivity index (χ2v) is 10.2. The summed E-state index contributed by atoms with van der Waals surface area (Å²) in [5.74, 6) is -0.182. The number of carbonyl (C=O) groups excluding carboxylic acids is 3. The van der Waals surface area contributed by atoms with Gasteiger partial charge in [0.1, 0.15) is 10.6 Å². The van der Waals surface area contributed by atoms with E-state index in [1.807, 2.05) is 71.0 Å². The molecule has 6 nitrogen and oxygen atoms in total. The number of rotatable bonds is 9. The van der Waals surface area contributed by atoms with Gasteiger partial charge in [0, 0.05) is 29.2 Å². The van der Waals surface area contributed by atoms with Gasteiger partial charge in [-0.25, -0.2) is 0 Å². The second-order valence-electron chi connectivity index (χ2n) is 9.08. The van der Waals surface area contributed by atoms with Crippen LogP contribution in [0.2, 0.25) is 0 Å². The fourth-order valence-electron chi connectivity index (χ4n) is 3.38. The first-order chi connectivity index (χ1) is 15.6. The van der Waals surface area contributed by atoms with Crippen molar-refractivity contribution in [1.82, 2.24) is 4.90 Å². The number of carbonyl (C=O) groups is 3. The zero-order valence-electron chi connectivity index (χ0n) is 19.8. The molecule has 33 heavy (non-hydrogen) atoms. The Bertz CT molecular complexity index is 1060. The van der Waals surface area contributed by atoms with Crippen LogP contribution in [-0.2, 0) is 14.4 Å². The highest BCUT2D eigenvalue weighted by atomic mass is 32.2. The zero-order chi connectivity index (χ0) is 24.1. The van der Waals surface area contributed by atoms with E-state index in [4.69, 9.17) is 0 Å². The quantitative estimate of drug-likeness (QED) is 0.484. The Morgan fingerprint density at radius 2 is 1.48 bits per heavy atom. The van der Waals surface area contributed by atoms with Crippen LogP contribution in [0.15, 0.2) is 64.0 Å². The number of anilines is 2. The van der Waals surface area contributed by atoms with Crippen LogP contribution in [0.4, 0.5) is 11.4 Å². The number of nitrogens with one attached hydrogen (secondary N) is 2. The van der Waals surface area contributed by atoms with Crippen LogP contribution in [0, 0.1) is 18.8 Å². The summed E-state index contributed by atoms with van der Waals surface area (Å²) in [6.07, 6.45) is 0.458. The summed E-state index contributed by atoms with van der Waals surface area (Å²) in [5.41, 5.74) is 2.86. The lowest BCUT2D eigenvalue weighted by molar-refractivity contribution is -0.137. The molecule has 3 amide bonds. The zero-order valence-corrected chi connectivity index (χ0v) is 20.6.